The van der Waals surface area contributed by atoms with Crippen LogP contribution in [-0.2, 0) is 14.4 Å². The normalized spacial score (nSPS) is 18.6. The molecule has 31 heavy (non-hydrogen) atoms. The molecule has 0 saturated carbocycles. The number of urea groups is 1. The summed E-state index contributed by atoms with van der Waals surface area (Å²) < 4.78 is 0. The zero-order valence-electron chi connectivity index (χ0n) is 18.2. The summed E-state index contributed by atoms with van der Waals surface area (Å²) in [4.78, 5) is 51.3. The van der Waals surface area contributed by atoms with Crippen LogP contribution < -0.4 is 20.9 Å². The number of rotatable bonds is 7. The molecule has 1 aromatic rings. The maximum absolute atomic E-state index is 13.3. The van der Waals surface area contributed by atoms with E-state index in [1.165, 1.54) is 11.8 Å². The highest BCUT2D eigenvalue weighted by Crippen LogP contribution is 2.34. The van der Waals surface area contributed by atoms with Gasteiger partial charge in [-0.25, -0.2) is 9.59 Å². The minimum absolute atomic E-state index is 0.211. The van der Waals surface area contributed by atoms with Gasteiger partial charge >= 0.3 is 12.0 Å². The lowest BCUT2D eigenvalue weighted by Crippen LogP contribution is -2.61. The molecule has 1 aliphatic heterocycles. The average molecular weight is 434 g/mol. The molecule has 1 heterocycles. The van der Waals surface area contributed by atoms with Crippen LogP contribution in [0.4, 0.5) is 16.2 Å². The van der Waals surface area contributed by atoms with E-state index in [1.54, 1.807) is 38.1 Å². The minimum atomic E-state index is -1.52. The Balaban J connectivity index is 2.33. The van der Waals surface area contributed by atoms with Crippen LogP contribution in [0.2, 0.25) is 0 Å². The molecule has 1 aromatic carbocycles. The number of carbonyl (C=O) groups is 4. The van der Waals surface area contributed by atoms with Gasteiger partial charge in [-0.1, -0.05) is 39.8 Å². The van der Waals surface area contributed by atoms with Crippen LogP contribution >= 0.6 is 0 Å². The van der Waals surface area contributed by atoms with Crippen molar-refractivity contribution >= 4 is 35.2 Å². The molecule has 0 fully saturated rings. The van der Waals surface area contributed by atoms with E-state index in [4.69, 9.17) is 0 Å². The molecule has 10 nitrogen and oxygen atoms in total. The number of fused-ring (bicyclic) bond motifs is 1. The van der Waals surface area contributed by atoms with E-state index in [-0.39, 0.29) is 11.8 Å². The summed E-state index contributed by atoms with van der Waals surface area (Å²) in [5.74, 6) is -3.07. The maximum atomic E-state index is 13.3. The smallest absolute Gasteiger partial charge is 0.328 e. The number of aliphatic hydroxyl groups is 1. The van der Waals surface area contributed by atoms with Gasteiger partial charge in [0, 0.05) is 0 Å². The minimum Gasteiger partial charge on any atom is -0.480 e. The number of hydrogen-bond donors (Lipinski definition) is 5. The predicted octanol–water partition coefficient (Wildman–Crippen LogP) is 1.15. The van der Waals surface area contributed by atoms with E-state index in [0.29, 0.717) is 11.4 Å². The lowest BCUT2D eigenvalue weighted by molar-refractivity contribution is -0.145. The van der Waals surface area contributed by atoms with Crippen molar-refractivity contribution in [1.82, 2.24) is 10.6 Å². The van der Waals surface area contributed by atoms with E-state index in [0.717, 1.165) is 0 Å². The number of nitrogens with zero attached hydrogens (tertiary/aromatic N) is 1. The molecule has 0 aliphatic carbocycles. The number of amides is 4. The number of anilines is 2. The van der Waals surface area contributed by atoms with E-state index in [2.05, 4.69) is 16.0 Å². The van der Waals surface area contributed by atoms with Gasteiger partial charge in [0.2, 0.25) is 11.8 Å². The second-order valence-corrected chi connectivity index (χ2v) is 8.30. The van der Waals surface area contributed by atoms with Crippen molar-refractivity contribution in [2.75, 3.05) is 10.2 Å². The summed E-state index contributed by atoms with van der Waals surface area (Å²) in [6, 6.07) is 2.79. The third-order valence-corrected chi connectivity index (χ3v) is 5.09. The van der Waals surface area contributed by atoms with Gasteiger partial charge in [-0.3, -0.25) is 14.5 Å². The second-order valence-electron chi connectivity index (χ2n) is 8.30. The molecule has 4 amide bonds. The summed E-state index contributed by atoms with van der Waals surface area (Å²) in [5.41, 5.74) is 0.971. The van der Waals surface area contributed by atoms with Crippen LogP contribution in [0.1, 0.15) is 34.6 Å². The third-order valence-electron chi connectivity index (χ3n) is 5.09. The summed E-state index contributed by atoms with van der Waals surface area (Å²) in [7, 11) is 0. The molecule has 0 spiro atoms. The van der Waals surface area contributed by atoms with Crippen LogP contribution in [0.15, 0.2) is 24.3 Å². The van der Waals surface area contributed by atoms with Crippen LogP contribution in [0.25, 0.3) is 0 Å². The van der Waals surface area contributed by atoms with Crippen LogP contribution in [0.3, 0.4) is 0 Å². The number of aliphatic carboxylic acids is 1. The molecule has 0 radical (unpaired) electrons. The Morgan fingerprint density at radius 3 is 2.16 bits per heavy atom. The lowest BCUT2D eigenvalue weighted by Gasteiger charge is -2.39. The number of aliphatic hydroxyl groups excluding tert-OH is 1. The Morgan fingerprint density at radius 2 is 1.65 bits per heavy atom. The SMILES string of the molecule is CC(C)C(NC(=O)N1c2ccccc2NC(=O)C1C(C)C)C(=O)NC(C(=O)O)C(C)O. The Kier molecular flexibility index (Phi) is 7.61. The largest absolute Gasteiger partial charge is 0.480 e. The Bertz CT molecular complexity index is 854. The molecular weight excluding hydrogens is 404 g/mol. The molecule has 5 N–H and O–H groups in total. The zero-order valence-corrected chi connectivity index (χ0v) is 18.2. The van der Waals surface area contributed by atoms with E-state index in [9.17, 15) is 29.4 Å². The van der Waals surface area contributed by atoms with Gasteiger partial charge in [-0.15, -0.1) is 0 Å². The molecule has 0 aromatic heterocycles. The zero-order chi connectivity index (χ0) is 23.5. The number of carboxylic acids is 1. The summed E-state index contributed by atoms with van der Waals surface area (Å²) >= 11 is 0. The molecule has 0 saturated heterocycles. The second kappa shape index (κ2) is 9.78. The maximum Gasteiger partial charge on any atom is 0.328 e. The standard InChI is InChI=1S/C21H30N4O6/c1-10(2)15(18(27)23-16(12(5)26)20(29)30)24-21(31)25-14-9-7-6-8-13(14)22-19(28)17(25)11(3)4/h6-12,15-17,26H,1-5H3,(H,22,28)(H,23,27)(H,24,31)(H,29,30). The summed E-state index contributed by atoms with van der Waals surface area (Å²) in [6.45, 7) is 8.26. The Labute approximate surface area is 181 Å². The monoisotopic (exact) mass is 434 g/mol. The van der Waals surface area contributed by atoms with Gasteiger partial charge in [0.05, 0.1) is 17.5 Å². The van der Waals surface area contributed by atoms with E-state index >= 15 is 0 Å². The fourth-order valence-corrected chi connectivity index (χ4v) is 3.47. The van der Waals surface area contributed by atoms with Gasteiger partial charge in [0.25, 0.3) is 0 Å². The number of para-hydroxylation sites is 2. The van der Waals surface area contributed by atoms with Gasteiger partial charge in [-0.05, 0) is 30.9 Å². The molecule has 2 rings (SSSR count). The van der Waals surface area contributed by atoms with Crippen LogP contribution in [-0.4, -0.2) is 58.3 Å². The van der Waals surface area contributed by atoms with Crippen molar-refractivity contribution in [3.63, 3.8) is 0 Å². The quantitative estimate of drug-likeness (QED) is 0.435. The van der Waals surface area contributed by atoms with Gasteiger partial charge in [0.1, 0.15) is 12.1 Å². The van der Waals surface area contributed by atoms with Crippen LogP contribution in [0, 0.1) is 11.8 Å². The molecular formula is C21H30N4O6. The van der Waals surface area contributed by atoms with Gasteiger partial charge < -0.3 is 26.2 Å². The van der Waals surface area contributed by atoms with Gasteiger partial charge in [0.15, 0.2) is 6.04 Å². The number of carboxylic acid groups (broad SMARTS) is 1. The first-order valence-electron chi connectivity index (χ1n) is 10.2. The number of carbonyl (C=O) groups excluding carboxylic acids is 3. The van der Waals surface area contributed by atoms with Gasteiger partial charge in [-0.2, -0.15) is 0 Å². The van der Waals surface area contributed by atoms with Crippen molar-refractivity contribution in [2.45, 2.75) is 58.8 Å². The van der Waals surface area contributed by atoms with Crippen molar-refractivity contribution in [3.05, 3.63) is 24.3 Å². The molecule has 0 bridgehead atoms. The number of benzene rings is 1. The Morgan fingerprint density at radius 1 is 1.03 bits per heavy atom. The highest BCUT2D eigenvalue weighted by molar-refractivity contribution is 6.12. The molecule has 10 heteroatoms. The number of hydrogen-bond acceptors (Lipinski definition) is 5. The fraction of sp³-hybridized carbons (Fsp3) is 0.524. The van der Waals surface area contributed by atoms with E-state index in [1.807, 2.05) is 13.8 Å². The third kappa shape index (κ3) is 5.32. The van der Waals surface area contributed by atoms with Crippen molar-refractivity contribution < 1.29 is 29.4 Å². The summed E-state index contributed by atoms with van der Waals surface area (Å²) in [5, 5.41) is 26.5. The predicted molar refractivity (Wildman–Crippen MR) is 115 cm³/mol. The molecule has 4 unspecified atom stereocenters. The first-order valence-corrected chi connectivity index (χ1v) is 10.2. The van der Waals surface area contributed by atoms with E-state index < -0.39 is 48.1 Å². The molecule has 4 atom stereocenters. The van der Waals surface area contributed by atoms with Crippen molar-refractivity contribution in [3.8, 4) is 0 Å². The first-order chi connectivity index (χ1) is 14.5. The number of nitrogens with one attached hydrogen (secondary N) is 3. The topological polar surface area (TPSA) is 148 Å². The highest BCUT2D eigenvalue weighted by Gasteiger charge is 2.40. The molecule has 1 aliphatic rings. The Hall–Kier alpha value is -3.14. The fourth-order valence-electron chi connectivity index (χ4n) is 3.47. The average Bonchev–Trinajstić information content (AvgIpc) is 2.67. The molecule has 170 valence electrons. The highest BCUT2D eigenvalue weighted by atomic mass is 16.4. The summed E-state index contributed by atoms with van der Waals surface area (Å²) in [6.07, 6.45) is -1.33. The van der Waals surface area contributed by atoms with Crippen molar-refractivity contribution in [1.29, 1.82) is 0 Å². The van der Waals surface area contributed by atoms with Crippen LogP contribution in [0.5, 0.6) is 0 Å². The first kappa shape index (κ1) is 24.1. The van der Waals surface area contributed by atoms with Crippen molar-refractivity contribution in [2.24, 2.45) is 11.8 Å². The lowest BCUT2D eigenvalue weighted by atomic mass is 9.97.